The number of piperazine rings is 1. The molecule has 4 rings (SSSR count). The van der Waals surface area contributed by atoms with E-state index in [9.17, 15) is 9.90 Å². The summed E-state index contributed by atoms with van der Waals surface area (Å²) < 4.78 is 5.33. The van der Waals surface area contributed by atoms with E-state index in [1.54, 1.807) is 19.1 Å². The lowest BCUT2D eigenvalue weighted by molar-refractivity contribution is 0.0745. The van der Waals surface area contributed by atoms with E-state index in [-0.39, 0.29) is 11.7 Å². The molecule has 1 fully saturated rings. The third-order valence-electron chi connectivity index (χ3n) is 4.91. The van der Waals surface area contributed by atoms with E-state index in [2.05, 4.69) is 10.1 Å². The number of hydrogen-bond acceptors (Lipinski definition) is 5. The van der Waals surface area contributed by atoms with Crippen LogP contribution in [0.4, 0.5) is 5.69 Å². The maximum Gasteiger partial charge on any atom is 0.259 e. The molecule has 0 saturated carbocycles. The number of phenols is 1. The Morgan fingerprint density at radius 1 is 1.00 bits per heavy atom. The van der Waals surface area contributed by atoms with Gasteiger partial charge in [0.2, 0.25) is 0 Å². The maximum absolute atomic E-state index is 13.1. The van der Waals surface area contributed by atoms with Gasteiger partial charge < -0.3 is 19.4 Å². The Balaban J connectivity index is 1.50. The fourth-order valence-corrected chi connectivity index (χ4v) is 3.41. The smallest absolute Gasteiger partial charge is 0.259 e. The SMILES string of the molecule is Cc1onc(-c2ccccc2)c1C(=O)N1CCN(c2ccc(O)cc2)CC1. The van der Waals surface area contributed by atoms with E-state index >= 15 is 0 Å². The summed E-state index contributed by atoms with van der Waals surface area (Å²) in [5.41, 5.74) is 3.06. The highest BCUT2D eigenvalue weighted by Gasteiger charge is 2.28. The van der Waals surface area contributed by atoms with Crippen molar-refractivity contribution < 1.29 is 14.4 Å². The molecule has 0 spiro atoms. The minimum atomic E-state index is -0.0436. The quantitative estimate of drug-likeness (QED) is 0.773. The van der Waals surface area contributed by atoms with Gasteiger partial charge in [0.05, 0.1) is 0 Å². The summed E-state index contributed by atoms with van der Waals surface area (Å²) >= 11 is 0. The molecule has 0 bridgehead atoms. The number of phenolic OH excluding ortho intramolecular Hbond substituents is 1. The number of aromatic hydroxyl groups is 1. The third-order valence-corrected chi connectivity index (χ3v) is 4.91. The monoisotopic (exact) mass is 363 g/mol. The number of hydrogen-bond donors (Lipinski definition) is 1. The van der Waals surface area contributed by atoms with Gasteiger partial charge in [0.1, 0.15) is 22.8 Å². The lowest BCUT2D eigenvalue weighted by Crippen LogP contribution is -2.49. The number of aryl methyl sites for hydroxylation is 1. The van der Waals surface area contributed by atoms with Crippen molar-refractivity contribution in [1.82, 2.24) is 10.1 Å². The zero-order valence-electron chi connectivity index (χ0n) is 15.1. The van der Waals surface area contributed by atoms with Crippen LogP contribution in [0.3, 0.4) is 0 Å². The number of rotatable bonds is 3. The van der Waals surface area contributed by atoms with Gasteiger partial charge in [0, 0.05) is 37.4 Å². The van der Waals surface area contributed by atoms with Crippen molar-refractivity contribution in [2.75, 3.05) is 31.1 Å². The van der Waals surface area contributed by atoms with Crippen LogP contribution in [0.1, 0.15) is 16.1 Å². The number of aromatic nitrogens is 1. The summed E-state index contributed by atoms with van der Waals surface area (Å²) in [6.07, 6.45) is 0. The second kappa shape index (κ2) is 7.15. The highest BCUT2D eigenvalue weighted by molar-refractivity contribution is 6.00. The van der Waals surface area contributed by atoms with E-state index in [1.807, 2.05) is 47.4 Å². The highest BCUT2D eigenvalue weighted by atomic mass is 16.5. The number of anilines is 1. The second-order valence-corrected chi connectivity index (χ2v) is 6.62. The van der Waals surface area contributed by atoms with Crippen molar-refractivity contribution in [1.29, 1.82) is 0 Å². The number of carbonyl (C=O) groups excluding carboxylic acids is 1. The average Bonchev–Trinajstić information content (AvgIpc) is 3.10. The van der Waals surface area contributed by atoms with Gasteiger partial charge in [0.25, 0.3) is 5.91 Å². The van der Waals surface area contributed by atoms with Crippen LogP contribution in [-0.2, 0) is 0 Å². The van der Waals surface area contributed by atoms with Gasteiger partial charge in [-0.2, -0.15) is 0 Å². The summed E-state index contributed by atoms with van der Waals surface area (Å²) in [6.45, 7) is 4.50. The summed E-state index contributed by atoms with van der Waals surface area (Å²) in [7, 11) is 0. The van der Waals surface area contributed by atoms with Crippen LogP contribution in [0.2, 0.25) is 0 Å². The normalized spacial score (nSPS) is 14.4. The van der Waals surface area contributed by atoms with Crippen LogP contribution in [0.5, 0.6) is 5.75 Å². The Labute approximate surface area is 157 Å². The average molecular weight is 363 g/mol. The molecule has 3 aromatic rings. The topological polar surface area (TPSA) is 69.8 Å². The molecule has 0 radical (unpaired) electrons. The van der Waals surface area contributed by atoms with Crippen molar-refractivity contribution >= 4 is 11.6 Å². The van der Waals surface area contributed by atoms with Crippen molar-refractivity contribution in [3.63, 3.8) is 0 Å². The van der Waals surface area contributed by atoms with Gasteiger partial charge in [-0.05, 0) is 31.2 Å². The van der Waals surface area contributed by atoms with Crippen molar-refractivity contribution in [3.8, 4) is 17.0 Å². The van der Waals surface area contributed by atoms with Gasteiger partial charge >= 0.3 is 0 Å². The molecule has 138 valence electrons. The van der Waals surface area contributed by atoms with E-state index in [0.717, 1.165) is 24.3 Å². The van der Waals surface area contributed by atoms with Crippen molar-refractivity contribution in [3.05, 3.63) is 65.9 Å². The molecule has 1 N–H and O–H groups in total. The molecule has 1 aliphatic rings. The van der Waals surface area contributed by atoms with E-state index in [4.69, 9.17) is 4.52 Å². The van der Waals surface area contributed by atoms with Crippen LogP contribution >= 0.6 is 0 Å². The number of nitrogens with zero attached hydrogens (tertiary/aromatic N) is 3. The summed E-state index contributed by atoms with van der Waals surface area (Å²) in [6, 6.07) is 16.8. The maximum atomic E-state index is 13.1. The minimum absolute atomic E-state index is 0.0436. The van der Waals surface area contributed by atoms with E-state index < -0.39 is 0 Å². The molecule has 0 unspecified atom stereocenters. The van der Waals surface area contributed by atoms with Gasteiger partial charge in [-0.15, -0.1) is 0 Å². The highest BCUT2D eigenvalue weighted by Crippen LogP contribution is 2.27. The van der Waals surface area contributed by atoms with E-state index in [1.165, 1.54) is 0 Å². The van der Waals surface area contributed by atoms with Crippen LogP contribution in [0.15, 0.2) is 59.1 Å². The lowest BCUT2D eigenvalue weighted by atomic mass is 10.0. The third kappa shape index (κ3) is 3.38. The van der Waals surface area contributed by atoms with Crippen LogP contribution in [0.25, 0.3) is 11.3 Å². The van der Waals surface area contributed by atoms with Crippen LogP contribution < -0.4 is 4.90 Å². The number of amides is 1. The summed E-state index contributed by atoms with van der Waals surface area (Å²) in [5.74, 6) is 0.752. The fraction of sp³-hybridized carbons (Fsp3) is 0.238. The molecule has 1 aromatic heterocycles. The number of benzene rings is 2. The molecule has 6 heteroatoms. The zero-order valence-corrected chi connectivity index (χ0v) is 15.1. The van der Waals surface area contributed by atoms with Gasteiger partial charge in [-0.25, -0.2) is 0 Å². The van der Waals surface area contributed by atoms with Gasteiger partial charge in [-0.1, -0.05) is 35.5 Å². The first kappa shape index (κ1) is 17.1. The second-order valence-electron chi connectivity index (χ2n) is 6.62. The standard InChI is InChI=1S/C21H21N3O3/c1-15-19(20(22-27-15)16-5-3-2-4-6-16)21(26)24-13-11-23(12-14-24)17-7-9-18(25)10-8-17/h2-10,25H,11-14H2,1H3. The predicted molar refractivity (Wildman–Crippen MR) is 103 cm³/mol. The molecule has 1 aliphatic heterocycles. The first-order valence-electron chi connectivity index (χ1n) is 8.98. The molecule has 6 nitrogen and oxygen atoms in total. The zero-order chi connectivity index (χ0) is 18.8. The summed E-state index contributed by atoms with van der Waals surface area (Å²) in [5, 5.41) is 13.6. The Bertz CT molecular complexity index is 927. The number of carbonyl (C=O) groups is 1. The van der Waals surface area contributed by atoms with Crippen molar-refractivity contribution in [2.45, 2.75) is 6.92 Å². The predicted octanol–water partition coefficient (Wildman–Crippen LogP) is 3.32. The van der Waals surface area contributed by atoms with Crippen LogP contribution in [-0.4, -0.2) is 47.2 Å². The molecule has 27 heavy (non-hydrogen) atoms. The molecule has 2 aromatic carbocycles. The Morgan fingerprint density at radius 2 is 1.67 bits per heavy atom. The molecule has 1 saturated heterocycles. The first-order chi connectivity index (χ1) is 13.1. The molecule has 0 atom stereocenters. The summed E-state index contributed by atoms with van der Waals surface area (Å²) in [4.78, 5) is 17.2. The molecule has 0 aliphatic carbocycles. The Hall–Kier alpha value is -3.28. The fourth-order valence-electron chi connectivity index (χ4n) is 3.41. The molecular weight excluding hydrogens is 342 g/mol. The largest absolute Gasteiger partial charge is 0.508 e. The van der Waals surface area contributed by atoms with Crippen LogP contribution in [0, 0.1) is 6.92 Å². The first-order valence-corrected chi connectivity index (χ1v) is 8.98. The lowest BCUT2D eigenvalue weighted by Gasteiger charge is -2.36. The molecule has 1 amide bonds. The Morgan fingerprint density at radius 3 is 2.33 bits per heavy atom. The Kier molecular flexibility index (Phi) is 4.54. The molecule has 2 heterocycles. The van der Waals surface area contributed by atoms with E-state index in [0.29, 0.717) is 30.1 Å². The molecular formula is C21H21N3O3. The van der Waals surface area contributed by atoms with Gasteiger partial charge in [-0.3, -0.25) is 4.79 Å². The van der Waals surface area contributed by atoms with Crippen molar-refractivity contribution in [2.24, 2.45) is 0 Å². The minimum Gasteiger partial charge on any atom is -0.508 e. The van der Waals surface area contributed by atoms with Gasteiger partial charge in [0.15, 0.2) is 0 Å².